The van der Waals surface area contributed by atoms with Crippen molar-refractivity contribution in [1.82, 2.24) is 25.2 Å². The van der Waals surface area contributed by atoms with Crippen LogP contribution >= 0.6 is 0 Å². The summed E-state index contributed by atoms with van der Waals surface area (Å²) in [6.45, 7) is 1.97. The molecule has 2 heterocycles. The molecule has 1 aliphatic heterocycles. The summed E-state index contributed by atoms with van der Waals surface area (Å²) in [5.74, 6) is 0.255. The SMILES string of the molecule is O=C(NCCCn1ccnn1)[C@H]1CCC(=O)N(C2CCCC2)C1. The van der Waals surface area contributed by atoms with Gasteiger partial charge in [-0.05, 0) is 25.7 Å². The molecule has 1 saturated carbocycles. The molecule has 2 amide bonds. The quantitative estimate of drug-likeness (QED) is 0.792. The van der Waals surface area contributed by atoms with Gasteiger partial charge in [0.1, 0.15) is 0 Å². The number of nitrogens with zero attached hydrogens (tertiary/aromatic N) is 4. The third kappa shape index (κ3) is 4.09. The highest BCUT2D eigenvalue weighted by Gasteiger charge is 2.34. The van der Waals surface area contributed by atoms with E-state index >= 15 is 0 Å². The van der Waals surface area contributed by atoms with E-state index in [1.165, 1.54) is 12.8 Å². The van der Waals surface area contributed by atoms with E-state index in [1.54, 1.807) is 10.9 Å². The van der Waals surface area contributed by atoms with Gasteiger partial charge in [0.25, 0.3) is 0 Å². The molecule has 1 aromatic heterocycles. The number of carbonyl (C=O) groups excluding carboxylic acids is 2. The van der Waals surface area contributed by atoms with Crippen LogP contribution in [0.3, 0.4) is 0 Å². The Balaban J connectivity index is 1.42. The minimum Gasteiger partial charge on any atom is -0.356 e. The average Bonchev–Trinajstić information content (AvgIpc) is 3.25. The van der Waals surface area contributed by atoms with Gasteiger partial charge in [-0.15, -0.1) is 5.10 Å². The summed E-state index contributed by atoms with van der Waals surface area (Å²) in [6, 6.07) is 0.366. The molecular formula is C16H25N5O2. The molecule has 1 saturated heterocycles. The summed E-state index contributed by atoms with van der Waals surface area (Å²) in [4.78, 5) is 26.4. The van der Waals surface area contributed by atoms with Crippen LogP contribution in [0.4, 0.5) is 0 Å². The Bertz CT molecular complexity index is 525. The van der Waals surface area contributed by atoms with Gasteiger partial charge >= 0.3 is 0 Å². The molecule has 1 atom stereocenters. The molecule has 1 N–H and O–H groups in total. The van der Waals surface area contributed by atoms with Gasteiger partial charge in [0.15, 0.2) is 0 Å². The number of piperidine rings is 1. The van der Waals surface area contributed by atoms with Crippen molar-refractivity contribution in [1.29, 1.82) is 0 Å². The molecule has 0 radical (unpaired) electrons. The molecule has 0 aromatic carbocycles. The topological polar surface area (TPSA) is 80.1 Å². The maximum atomic E-state index is 12.3. The van der Waals surface area contributed by atoms with Gasteiger partial charge in [-0.3, -0.25) is 14.3 Å². The third-order valence-corrected chi connectivity index (χ3v) is 4.92. The van der Waals surface area contributed by atoms with E-state index in [4.69, 9.17) is 0 Å². The fourth-order valence-electron chi connectivity index (χ4n) is 3.60. The van der Waals surface area contributed by atoms with Crippen molar-refractivity contribution in [2.75, 3.05) is 13.1 Å². The van der Waals surface area contributed by atoms with Crippen LogP contribution in [0, 0.1) is 5.92 Å². The smallest absolute Gasteiger partial charge is 0.224 e. The molecule has 0 spiro atoms. The first-order valence-corrected chi connectivity index (χ1v) is 8.65. The number of aromatic nitrogens is 3. The molecule has 0 unspecified atom stereocenters. The Morgan fingerprint density at radius 3 is 2.87 bits per heavy atom. The second-order valence-corrected chi connectivity index (χ2v) is 6.53. The summed E-state index contributed by atoms with van der Waals surface area (Å²) in [7, 11) is 0. The lowest BCUT2D eigenvalue weighted by Gasteiger charge is -2.36. The Hall–Kier alpha value is -1.92. The van der Waals surface area contributed by atoms with Crippen LogP contribution in [0.2, 0.25) is 0 Å². The van der Waals surface area contributed by atoms with E-state index in [1.807, 2.05) is 11.1 Å². The normalized spacial score (nSPS) is 22.5. The number of hydrogen-bond donors (Lipinski definition) is 1. The first kappa shape index (κ1) is 16.0. The third-order valence-electron chi connectivity index (χ3n) is 4.92. The number of likely N-dealkylation sites (tertiary alicyclic amines) is 1. The molecule has 1 aromatic rings. The van der Waals surface area contributed by atoms with Crippen LogP contribution in [-0.4, -0.2) is 50.8 Å². The lowest BCUT2D eigenvalue weighted by molar-refractivity contribution is -0.140. The zero-order valence-electron chi connectivity index (χ0n) is 13.5. The lowest BCUT2D eigenvalue weighted by Crippen LogP contribution is -2.49. The van der Waals surface area contributed by atoms with Gasteiger partial charge in [-0.25, -0.2) is 0 Å². The van der Waals surface area contributed by atoms with Crippen LogP contribution < -0.4 is 5.32 Å². The largest absolute Gasteiger partial charge is 0.356 e. The van der Waals surface area contributed by atoms with Gasteiger partial charge in [0.2, 0.25) is 11.8 Å². The second kappa shape index (κ2) is 7.57. The fourth-order valence-corrected chi connectivity index (χ4v) is 3.60. The van der Waals surface area contributed by atoms with E-state index in [0.29, 0.717) is 32.0 Å². The predicted molar refractivity (Wildman–Crippen MR) is 84.3 cm³/mol. The maximum absolute atomic E-state index is 12.3. The highest BCUT2D eigenvalue weighted by molar-refractivity contribution is 5.84. The number of amides is 2. The molecule has 1 aliphatic carbocycles. The fraction of sp³-hybridized carbons (Fsp3) is 0.750. The first-order chi connectivity index (χ1) is 11.2. The van der Waals surface area contributed by atoms with Crippen molar-refractivity contribution in [3.63, 3.8) is 0 Å². The number of rotatable bonds is 6. The average molecular weight is 319 g/mol. The molecule has 2 aliphatic rings. The van der Waals surface area contributed by atoms with Crippen LogP contribution in [0.5, 0.6) is 0 Å². The Kier molecular flexibility index (Phi) is 5.25. The van der Waals surface area contributed by atoms with E-state index in [-0.39, 0.29) is 17.7 Å². The Labute approximate surface area is 136 Å². The van der Waals surface area contributed by atoms with E-state index in [9.17, 15) is 9.59 Å². The molecule has 2 fully saturated rings. The van der Waals surface area contributed by atoms with E-state index in [0.717, 1.165) is 25.8 Å². The highest BCUT2D eigenvalue weighted by Crippen LogP contribution is 2.28. The van der Waals surface area contributed by atoms with Gasteiger partial charge < -0.3 is 10.2 Å². The molecular weight excluding hydrogens is 294 g/mol. The van der Waals surface area contributed by atoms with Crippen molar-refractivity contribution >= 4 is 11.8 Å². The van der Waals surface area contributed by atoms with Crippen LogP contribution in [0.25, 0.3) is 0 Å². The minimum atomic E-state index is -0.0559. The van der Waals surface area contributed by atoms with Crippen LogP contribution in [0.1, 0.15) is 44.9 Å². The molecule has 3 rings (SSSR count). The summed E-state index contributed by atoms with van der Waals surface area (Å²) in [5, 5.41) is 10.6. The minimum absolute atomic E-state index is 0.0559. The van der Waals surface area contributed by atoms with E-state index < -0.39 is 0 Å². The van der Waals surface area contributed by atoms with Crippen LogP contribution in [-0.2, 0) is 16.1 Å². The van der Waals surface area contributed by atoms with Crippen LogP contribution in [0.15, 0.2) is 12.4 Å². The molecule has 7 nitrogen and oxygen atoms in total. The Morgan fingerprint density at radius 1 is 1.30 bits per heavy atom. The molecule has 23 heavy (non-hydrogen) atoms. The summed E-state index contributed by atoms with van der Waals surface area (Å²) < 4.78 is 1.76. The summed E-state index contributed by atoms with van der Waals surface area (Å²) in [5.41, 5.74) is 0. The van der Waals surface area contributed by atoms with Crippen molar-refractivity contribution in [3.8, 4) is 0 Å². The standard InChI is InChI=1S/C16H25N5O2/c22-15-7-6-13(12-21(15)14-4-1-2-5-14)16(23)17-8-3-10-20-11-9-18-19-20/h9,11,13-14H,1-8,10,12H2,(H,17,23)/t13-/m0/s1. The van der Waals surface area contributed by atoms with Gasteiger partial charge in [-0.2, -0.15) is 0 Å². The van der Waals surface area contributed by atoms with Crippen molar-refractivity contribution < 1.29 is 9.59 Å². The lowest BCUT2D eigenvalue weighted by atomic mass is 9.95. The van der Waals surface area contributed by atoms with Gasteiger partial charge in [-0.1, -0.05) is 18.1 Å². The number of aryl methyl sites for hydroxylation is 1. The summed E-state index contributed by atoms with van der Waals surface area (Å²) >= 11 is 0. The monoisotopic (exact) mass is 319 g/mol. The number of nitrogens with one attached hydrogen (secondary N) is 1. The second-order valence-electron chi connectivity index (χ2n) is 6.53. The first-order valence-electron chi connectivity index (χ1n) is 8.65. The number of hydrogen-bond acceptors (Lipinski definition) is 4. The Morgan fingerprint density at radius 2 is 2.13 bits per heavy atom. The molecule has 7 heteroatoms. The molecule has 0 bridgehead atoms. The predicted octanol–water partition coefficient (Wildman–Crippen LogP) is 0.966. The maximum Gasteiger partial charge on any atom is 0.224 e. The van der Waals surface area contributed by atoms with E-state index in [2.05, 4.69) is 15.6 Å². The van der Waals surface area contributed by atoms with Crippen molar-refractivity contribution in [2.24, 2.45) is 5.92 Å². The van der Waals surface area contributed by atoms with Crippen molar-refractivity contribution in [3.05, 3.63) is 12.4 Å². The summed E-state index contributed by atoms with van der Waals surface area (Å²) in [6.07, 6.45) is 10.1. The van der Waals surface area contributed by atoms with Crippen molar-refractivity contribution in [2.45, 2.75) is 57.5 Å². The molecule has 126 valence electrons. The number of carbonyl (C=O) groups is 2. The zero-order chi connectivity index (χ0) is 16.1. The van der Waals surface area contributed by atoms with Gasteiger partial charge in [0.05, 0.1) is 12.1 Å². The van der Waals surface area contributed by atoms with Gasteiger partial charge in [0, 0.05) is 38.3 Å². The zero-order valence-corrected chi connectivity index (χ0v) is 13.5. The highest BCUT2D eigenvalue weighted by atomic mass is 16.2.